The van der Waals surface area contributed by atoms with Crippen molar-refractivity contribution >= 4 is 60.4 Å². The van der Waals surface area contributed by atoms with Crippen LogP contribution in [0.1, 0.15) is 56.2 Å². The van der Waals surface area contributed by atoms with E-state index in [-0.39, 0.29) is 11.8 Å². The van der Waals surface area contributed by atoms with Crippen LogP contribution in [0.3, 0.4) is 0 Å². The quantitative estimate of drug-likeness (QED) is 0.152. The van der Waals surface area contributed by atoms with Crippen molar-refractivity contribution in [2.45, 2.75) is 46.5 Å². The number of aryl methyl sites for hydroxylation is 1. The van der Waals surface area contributed by atoms with Gasteiger partial charge in [0.25, 0.3) is 0 Å². The SMILES string of the molecule is Cc1cc2occc2c2c1nc1c3cc(Oc4cccc(-c5nc6ccccc6n5-c5c(C(C)C)cc(-c6ccccc6)cc5C(C)C)c4)ccc3c3ccccc3n12. The summed E-state index contributed by atoms with van der Waals surface area (Å²) in [7, 11) is 0. The van der Waals surface area contributed by atoms with E-state index in [0.29, 0.717) is 0 Å². The van der Waals surface area contributed by atoms with Crippen molar-refractivity contribution in [2.75, 3.05) is 0 Å². The van der Waals surface area contributed by atoms with Gasteiger partial charge in [-0.1, -0.05) is 100 Å². The number of hydrogen-bond donors (Lipinski definition) is 0. The normalized spacial score (nSPS) is 12.1. The van der Waals surface area contributed by atoms with Crippen LogP contribution in [0.2, 0.25) is 0 Å². The summed E-state index contributed by atoms with van der Waals surface area (Å²) in [6.07, 6.45) is 1.76. The van der Waals surface area contributed by atoms with Gasteiger partial charge < -0.3 is 9.15 Å². The minimum absolute atomic E-state index is 0.272. The van der Waals surface area contributed by atoms with E-state index < -0.39 is 0 Å². The highest BCUT2D eigenvalue weighted by molar-refractivity contribution is 6.17. The summed E-state index contributed by atoms with van der Waals surface area (Å²) in [4.78, 5) is 10.6. The van der Waals surface area contributed by atoms with E-state index in [4.69, 9.17) is 19.1 Å². The lowest BCUT2D eigenvalue weighted by atomic mass is 9.88. The predicted octanol–water partition coefficient (Wildman–Crippen LogP) is 14.6. The van der Waals surface area contributed by atoms with Crippen LogP contribution in [0.25, 0.3) is 88.6 Å². The van der Waals surface area contributed by atoms with Crippen molar-refractivity contribution in [1.82, 2.24) is 18.9 Å². The molecule has 0 spiro atoms. The molecule has 6 heteroatoms. The second-order valence-electron chi connectivity index (χ2n) is 16.3. The molecule has 6 nitrogen and oxygen atoms in total. The van der Waals surface area contributed by atoms with Crippen LogP contribution >= 0.6 is 0 Å². The molecule has 0 fully saturated rings. The van der Waals surface area contributed by atoms with E-state index in [0.717, 1.165) is 88.8 Å². The Morgan fingerprint density at radius 2 is 1.27 bits per heavy atom. The average molecular weight is 767 g/mol. The van der Waals surface area contributed by atoms with Gasteiger partial charge in [0, 0.05) is 21.7 Å². The third-order valence-corrected chi connectivity index (χ3v) is 11.8. The number of fused-ring (bicyclic) bond motifs is 11. The smallest absolute Gasteiger partial charge is 0.146 e. The zero-order chi connectivity index (χ0) is 39.9. The van der Waals surface area contributed by atoms with E-state index in [1.807, 2.05) is 12.1 Å². The van der Waals surface area contributed by atoms with Gasteiger partial charge in [0.05, 0.1) is 39.5 Å². The first-order chi connectivity index (χ1) is 28.8. The van der Waals surface area contributed by atoms with E-state index in [9.17, 15) is 0 Å². The topological polar surface area (TPSA) is 57.5 Å². The lowest BCUT2D eigenvalue weighted by Gasteiger charge is -2.24. The van der Waals surface area contributed by atoms with Crippen molar-refractivity contribution < 1.29 is 9.15 Å². The van der Waals surface area contributed by atoms with Crippen LogP contribution in [0.5, 0.6) is 11.5 Å². The van der Waals surface area contributed by atoms with Gasteiger partial charge in [0.2, 0.25) is 0 Å². The molecular weight excluding hydrogens is 725 g/mol. The molecule has 7 aromatic carbocycles. The molecule has 4 heterocycles. The van der Waals surface area contributed by atoms with E-state index in [1.165, 1.54) is 27.9 Å². The molecule has 0 aliphatic carbocycles. The van der Waals surface area contributed by atoms with Gasteiger partial charge in [0.1, 0.15) is 28.6 Å². The Balaban J connectivity index is 1.07. The number of imidazole rings is 2. The minimum Gasteiger partial charge on any atom is -0.464 e. The Labute approximate surface area is 342 Å². The highest BCUT2D eigenvalue weighted by Crippen LogP contribution is 2.42. The maximum Gasteiger partial charge on any atom is 0.146 e. The Morgan fingerprint density at radius 1 is 0.559 bits per heavy atom. The van der Waals surface area contributed by atoms with E-state index in [2.05, 4.69) is 177 Å². The molecule has 4 aromatic heterocycles. The van der Waals surface area contributed by atoms with E-state index in [1.54, 1.807) is 6.26 Å². The Bertz CT molecular complexity index is 3410. The van der Waals surface area contributed by atoms with Crippen LogP contribution < -0.4 is 4.74 Å². The number of nitrogens with zero attached hydrogens (tertiary/aromatic N) is 4. The third kappa shape index (κ3) is 5.54. The molecule has 0 saturated heterocycles. The van der Waals surface area contributed by atoms with Crippen molar-refractivity contribution in [3.63, 3.8) is 0 Å². The van der Waals surface area contributed by atoms with Crippen LogP contribution in [0, 0.1) is 6.92 Å². The molecule has 0 saturated carbocycles. The number of para-hydroxylation sites is 3. The van der Waals surface area contributed by atoms with Crippen molar-refractivity contribution in [2.24, 2.45) is 0 Å². The van der Waals surface area contributed by atoms with Crippen molar-refractivity contribution in [3.05, 3.63) is 169 Å². The predicted molar refractivity (Wildman–Crippen MR) is 242 cm³/mol. The van der Waals surface area contributed by atoms with Crippen LogP contribution in [0.4, 0.5) is 0 Å². The maximum absolute atomic E-state index is 6.78. The van der Waals surface area contributed by atoms with Gasteiger partial charge in [-0.2, -0.15) is 0 Å². The zero-order valence-electron chi connectivity index (χ0n) is 33.7. The van der Waals surface area contributed by atoms with Gasteiger partial charge in [-0.3, -0.25) is 8.97 Å². The first kappa shape index (κ1) is 35.0. The monoisotopic (exact) mass is 766 g/mol. The molecule has 0 unspecified atom stereocenters. The number of hydrogen-bond acceptors (Lipinski definition) is 4. The van der Waals surface area contributed by atoms with Gasteiger partial charge in [-0.25, -0.2) is 9.97 Å². The second-order valence-corrected chi connectivity index (χ2v) is 16.3. The summed E-state index contributed by atoms with van der Waals surface area (Å²) < 4.78 is 17.3. The molecule has 11 rings (SSSR count). The average Bonchev–Trinajstić information content (AvgIpc) is 4.00. The van der Waals surface area contributed by atoms with Gasteiger partial charge >= 0.3 is 0 Å². The number of benzene rings is 7. The standard InChI is InChI=1S/C53H42N4O2/c1-31(2)42-28-36(34-14-7-6-8-15-34)29-43(32(3)4)50(42)57-47-21-12-10-19-45(47)54-52(57)35-16-13-17-37(27-35)59-38-22-23-39-40-18-9-11-20-46(40)56-51-41-24-25-58-48(41)26-33(5)49(51)55-53(56)44(39)30-38/h6-32H,1-5H3. The maximum atomic E-state index is 6.78. The largest absolute Gasteiger partial charge is 0.464 e. The summed E-state index contributed by atoms with van der Waals surface area (Å²) >= 11 is 0. The molecular formula is C53H42N4O2. The minimum atomic E-state index is 0.272. The number of rotatable bonds is 7. The molecule has 0 N–H and O–H groups in total. The summed E-state index contributed by atoms with van der Waals surface area (Å²) in [6, 6.07) is 51.3. The van der Waals surface area contributed by atoms with Gasteiger partial charge in [-0.05, 0) is 125 Å². The molecule has 59 heavy (non-hydrogen) atoms. The molecule has 286 valence electrons. The van der Waals surface area contributed by atoms with Gasteiger partial charge in [-0.15, -0.1) is 0 Å². The highest BCUT2D eigenvalue weighted by atomic mass is 16.5. The first-order valence-electron chi connectivity index (χ1n) is 20.4. The number of aromatic nitrogens is 4. The van der Waals surface area contributed by atoms with Crippen LogP contribution in [-0.4, -0.2) is 18.9 Å². The fraction of sp³-hybridized carbons (Fsp3) is 0.132. The molecule has 0 aliphatic heterocycles. The summed E-state index contributed by atoms with van der Waals surface area (Å²) in [5.74, 6) is 2.89. The summed E-state index contributed by atoms with van der Waals surface area (Å²) in [5.41, 5.74) is 15.2. The molecule has 0 radical (unpaired) electrons. The molecule has 0 bridgehead atoms. The first-order valence-corrected chi connectivity index (χ1v) is 20.4. The molecule has 0 atom stereocenters. The lowest BCUT2D eigenvalue weighted by molar-refractivity contribution is 0.483. The van der Waals surface area contributed by atoms with E-state index >= 15 is 0 Å². The highest BCUT2D eigenvalue weighted by Gasteiger charge is 2.24. The van der Waals surface area contributed by atoms with Gasteiger partial charge in [0.15, 0.2) is 0 Å². The van der Waals surface area contributed by atoms with Crippen molar-refractivity contribution in [3.8, 4) is 39.7 Å². The molecule has 0 aliphatic rings. The molecule has 0 amide bonds. The van der Waals surface area contributed by atoms with Crippen LogP contribution in [0.15, 0.2) is 156 Å². The van der Waals surface area contributed by atoms with Crippen LogP contribution in [-0.2, 0) is 0 Å². The summed E-state index contributed by atoms with van der Waals surface area (Å²) in [6.45, 7) is 11.3. The lowest BCUT2D eigenvalue weighted by Crippen LogP contribution is -2.09. The number of pyridine rings is 1. The second kappa shape index (κ2) is 13.5. The number of furan rings is 1. The zero-order valence-corrected chi connectivity index (χ0v) is 33.7. The fourth-order valence-electron chi connectivity index (χ4n) is 9.05. The Kier molecular flexibility index (Phi) is 7.99. The Morgan fingerprint density at radius 3 is 2.07 bits per heavy atom. The summed E-state index contributed by atoms with van der Waals surface area (Å²) in [5, 5.41) is 4.34. The molecule has 11 aromatic rings. The third-order valence-electron chi connectivity index (χ3n) is 11.8. The fourth-order valence-corrected chi connectivity index (χ4v) is 9.05. The number of ether oxygens (including phenoxy) is 1. The van der Waals surface area contributed by atoms with Crippen molar-refractivity contribution in [1.29, 1.82) is 0 Å². The Hall–Kier alpha value is -7.18.